The lowest BCUT2D eigenvalue weighted by atomic mass is 10.2. The summed E-state index contributed by atoms with van der Waals surface area (Å²) in [5.74, 6) is -0.183. The second-order valence-corrected chi connectivity index (χ2v) is 8.77. The molecule has 0 saturated carbocycles. The topological polar surface area (TPSA) is 105 Å². The van der Waals surface area contributed by atoms with E-state index in [1.807, 2.05) is 13.8 Å². The highest BCUT2D eigenvalue weighted by atomic mass is 32.2. The molecule has 2 aromatic heterocycles. The number of pyridine rings is 2. The maximum Gasteiger partial charge on any atom is 0.573 e. The largest absolute Gasteiger partial charge is 0.573 e. The SMILES string of the molecule is CC(C)NCC(=O)Nc1cc(CSc2ncccc2C(=O)Nc2ccc(OC(F)(F)F)cc2)ccn1. The maximum atomic E-state index is 12.8. The van der Waals surface area contributed by atoms with Crippen LogP contribution in [0.15, 0.2) is 66.0 Å². The van der Waals surface area contributed by atoms with Gasteiger partial charge < -0.3 is 20.7 Å². The average molecular weight is 520 g/mol. The molecule has 0 bridgehead atoms. The number of hydrogen-bond donors (Lipinski definition) is 3. The molecular formula is C24H24F3N5O3S. The number of benzene rings is 1. The lowest BCUT2D eigenvalue weighted by molar-refractivity contribution is -0.274. The smallest absolute Gasteiger partial charge is 0.406 e. The van der Waals surface area contributed by atoms with Gasteiger partial charge in [-0.2, -0.15) is 0 Å². The maximum absolute atomic E-state index is 12.8. The van der Waals surface area contributed by atoms with Gasteiger partial charge in [0.15, 0.2) is 0 Å². The van der Waals surface area contributed by atoms with Crippen LogP contribution in [0, 0.1) is 0 Å². The first kappa shape index (κ1) is 27.0. The Kier molecular flexibility index (Phi) is 9.25. The van der Waals surface area contributed by atoms with Crippen molar-refractivity contribution in [2.45, 2.75) is 37.0 Å². The lowest BCUT2D eigenvalue weighted by Gasteiger charge is -2.11. The summed E-state index contributed by atoms with van der Waals surface area (Å²) in [6.45, 7) is 4.06. The summed E-state index contributed by atoms with van der Waals surface area (Å²) in [6, 6.07) is 11.8. The number of anilines is 2. The van der Waals surface area contributed by atoms with E-state index in [0.29, 0.717) is 27.8 Å². The molecule has 8 nitrogen and oxygen atoms in total. The molecule has 3 N–H and O–H groups in total. The molecule has 0 spiro atoms. The normalized spacial score (nSPS) is 11.3. The Bertz CT molecular complexity index is 1190. The molecule has 36 heavy (non-hydrogen) atoms. The average Bonchev–Trinajstić information content (AvgIpc) is 2.82. The Hall–Kier alpha value is -3.64. The van der Waals surface area contributed by atoms with E-state index in [-0.39, 0.29) is 24.2 Å². The van der Waals surface area contributed by atoms with Gasteiger partial charge in [-0.05, 0) is 54.1 Å². The number of aromatic nitrogens is 2. The van der Waals surface area contributed by atoms with Gasteiger partial charge >= 0.3 is 6.36 Å². The third-order valence-corrected chi connectivity index (χ3v) is 5.58. The molecule has 0 fully saturated rings. The first-order chi connectivity index (χ1) is 17.1. The summed E-state index contributed by atoms with van der Waals surface area (Å²) >= 11 is 1.32. The molecule has 3 aromatic rings. The van der Waals surface area contributed by atoms with Crippen LogP contribution in [0.2, 0.25) is 0 Å². The van der Waals surface area contributed by atoms with Gasteiger partial charge in [0, 0.05) is 29.9 Å². The monoisotopic (exact) mass is 519 g/mol. The minimum atomic E-state index is -4.79. The van der Waals surface area contributed by atoms with E-state index >= 15 is 0 Å². The second kappa shape index (κ2) is 12.4. The third-order valence-electron chi connectivity index (χ3n) is 4.50. The third kappa shape index (κ3) is 8.86. The lowest BCUT2D eigenvalue weighted by Crippen LogP contribution is -2.32. The minimum Gasteiger partial charge on any atom is -0.406 e. The number of rotatable bonds is 10. The molecule has 2 heterocycles. The number of ether oxygens (including phenoxy) is 1. The number of amides is 2. The summed E-state index contributed by atoms with van der Waals surface area (Å²) in [5, 5.41) is 8.88. The van der Waals surface area contributed by atoms with Crippen LogP contribution in [0.5, 0.6) is 5.75 Å². The van der Waals surface area contributed by atoms with Crippen LogP contribution in [-0.4, -0.2) is 40.7 Å². The van der Waals surface area contributed by atoms with Crippen LogP contribution in [0.25, 0.3) is 0 Å². The van der Waals surface area contributed by atoms with Gasteiger partial charge in [-0.15, -0.1) is 24.9 Å². The van der Waals surface area contributed by atoms with Crippen LogP contribution in [-0.2, 0) is 10.5 Å². The second-order valence-electron chi connectivity index (χ2n) is 7.80. The molecule has 0 atom stereocenters. The molecule has 0 radical (unpaired) electrons. The highest BCUT2D eigenvalue weighted by Gasteiger charge is 2.31. The molecule has 190 valence electrons. The summed E-state index contributed by atoms with van der Waals surface area (Å²) < 4.78 is 40.8. The van der Waals surface area contributed by atoms with E-state index in [2.05, 4.69) is 30.7 Å². The van der Waals surface area contributed by atoms with Gasteiger partial charge in [-0.25, -0.2) is 9.97 Å². The highest BCUT2D eigenvalue weighted by molar-refractivity contribution is 7.98. The molecule has 1 aromatic carbocycles. The van der Waals surface area contributed by atoms with Crippen molar-refractivity contribution in [1.29, 1.82) is 0 Å². The highest BCUT2D eigenvalue weighted by Crippen LogP contribution is 2.27. The fourth-order valence-corrected chi connectivity index (χ4v) is 3.82. The first-order valence-electron chi connectivity index (χ1n) is 10.8. The predicted molar refractivity (Wildman–Crippen MR) is 131 cm³/mol. The Morgan fingerprint density at radius 1 is 1.03 bits per heavy atom. The number of carbonyl (C=O) groups excluding carboxylic acids is 2. The Morgan fingerprint density at radius 3 is 2.47 bits per heavy atom. The molecule has 0 saturated heterocycles. The first-order valence-corrected chi connectivity index (χ1v) is 11.8. The standard InChI is InChI=1S/C24H24F3N5O3S/c1-15(2)30-13-21(33)32-20-12-16(9-11-28-20)14-36-23-19(4-3-10-29-23)22(34)31-17-5-7-18(8-6-17)35-24(25,26)27/h3-12,15,30H,13-14H2,1-2H3,(H,31,34)(H,28,32,33). The van der Waals surface area contributed by atoms with E-state index in [1.165, 1.54) is 23.9 Å². The van der Waals surface area contributed by atoms with Crippen LogP contribution >= 0.6 is 11.8 Å². The molecule has 3 rings (SSSR count). The predicted octanol–water partition coefficient (Wildman–Crippen LogP) is 4.86. The van der Waals surface area contributed by atoms with Crippen molar-refractivity contribution in [3.8, 4) is 5.75 Å². The summed E-state index contributed by atoms with van der Waals surface area (Å²) in [4.78, 5) is 33.3. The van der Waals surface area contributed by atoms with Crippen LogP contribution in [0.1, 0.15) is 29.8 Å². The Morgan fingerprint density at radius 2 is 1.78 bits per heavy atom. The van der Waals surface area contributed by atoms with Crippen molar-refractivity contribution >= 4 is 35.1 Å². The number of alkyl halides is 3. The van der Waals surface area contributed by atoms with Crippen molar-refractivity contribution in [2.24, 2.45) is 0 Å². The van der Waals surface area contributed by atoms with E-state index < -0.39 is 12.3 Å². The van der Waals surface area contributed by atoms with Crippen molar-refractivity contribution in [1.82, 2.24) is 15.3 Å². The van der Waals surface area contributed by atoms with Gasteiger partial charge in [0.05, 0.1) is 12.1 Å². The van der Waals surface area contributed by atoms with Crippen LogP contribution in [0.3, 0.4) is 0 Å². The fraction of sp³-hybridized carbons (Fsp3) is 0.250. The van der Waals surface area contributed by atoms with E-state index in [1.54, 1.807) is 36.7 Å². The van der Waals surface area contributed by atoms with E-state index in [9.17, 15) is 22.8 Å². The molecule has 0 unspecified atom stereocenters. The number of thioether (sulfide) groups is 1. The summed E-state index contributed by atoms with van der Waals surface area (Å²) in [5.41, 5.74) is 1.47. The Labute approximate surface area is 210 Å². The number of carbonyl (C=O) groups is 2. The molecule has 0 aliphatic rings. The number of nitrogens with zero attached hydrogens (tertiary/aromatic N) is 2. The van der Waals surface area contributed by atoms with Crippen LogP contribution < -0.4 is 20.7 Å². The molecule has 0 aliphatic carbocycles. The molecular weight excluding hydrogens is 495 g/mol. The fourth-order valence-electron chi connectivity index (χ4n) is 2.89. The van der Waals surface area contributed by atoms with Gasteiger partial charge in [-0.3, -0.25) is 9.59 Å². The zero-order valence-corrected chi connectivity index (χ0v) is 20.2. The summed E-state index contributed by atoms with van der Waals surface area (Å²) in [6.07, 6.45) is -1.65. The Balaban J connectivity index is 1.61. The van der Waals surface area contributed by atoms with Crippen LogP contribution in [0.4, 0.5) is 24.7 Å². The van der Waals surface area contributed by atoms with E-state index in [0.717, 1.165) is 17.7 Å². The summed E-state index contributed by atoms with van der Waals surface area (Å²) in [7, 11) is 0. The number of hydrogen-bond acceptors (Lipinski definition) is 7. The number of halogens is 3. The van der Waals surface area contributed by atoms with Crippen molar-refractivity contribution in [2.75, 3.05) is 17.2 Å². The van der Waals surface area contributed by atoms with Gasteiger partial charge in [0.25, 0.3) is 5.91 Å². The molecule has 12 heteroatoms. The zero-order valence-electron chi connectivity index (χ0n) is 19.4. The van der Waals surface area contributed by atoms with Crippen molar-refractivity contribution < 1.29 is 27.5 Å². The van der Waals surface area contributed by atoms with Gasteiger partial charge in [-0.1, -0.05) is 13.8 Å². The number of nitrogens with one attached hydrogen (secondary N) is 3. The van der Waals surface area contributed by atoms with Gasteiger partial charge in [0.2, 0.25) is 5.91 Å². The zero-order chi connectivity index (χ0) is 26.1. The minimum absolute atomic E-state index is 0.169. The van der Waals surface area contributed by atoms with Gasteiger partial charge in [0.1, 0.15) is 16.6 Å². The van der Waals surface area contributed by atoms with Crippen molar-refractivity contribution in [3.05, 3.63) is 72.1 Å². The quantitative estimate of drug-likeness (QED) is 0.329. The van der Waals surface area contributed by atoms with E-state index in [4.69, 9.17) is 0 Å². The van der Waals surface area contributed by atoms with Crippen molar-refractivity contribution in [3.63, 3.8) is 0 Å². The molecule has 0 aliphatic heterocycles. The molecule has 2 amide bonds.